The van der Waals surface area contributed by atoms with Crippen molar-refractivity contribution in [1.82, 2.24) is 19.1 Å². The number of imidazole rings is 2. The van der Waals surface area contributed by atoms with Crippen molar-refractivity contribution in [2.75, 3.05) is 57.6 Å². The molecule has 0 fully saturated rings. The van der Waals surface area contributed by atoms with Gasteiger partial charge in [0.2, 0.25) is 5.82 Å². The summed E-state index contributed by atoms with van der Waals surface area (Å²) in [5, 5.41) is 72.4. The minimum Gasteiger partial charge on any atom is -0.508 e. The quantitative estimate of drug-likeness (QED) is 0.0157. The fraction of sp³-hybridized carbons (Fsp3) is 0.149. The number of ether oxygens (including phenoxy) is 6. The highest BCUT2D eigenvalue weighted by Crippen LogP contribution is 2.33. The number of nitrogen functional groups attached to an aromatic ring is 2. The highest BCUT2D eigenvalue weighted by atomic mass is 19.1. The van der Waals surface area contributed by atoms with Gasteiger partial charge in [0.1, 0.15) is 82.4 Å². The third-order valence-corrected chi connectivity index (χ3v) is 16.8. The molecule has 2 aromatic heterocycles. The first kappa shape index (κ1) is 84.1. The van der Waals surface area contributed by atoms with E-state index in [-0.39, 0.29) is 35.3 Å². The topological polar surface area (TPSA) is 355 Å². The molecule has 0 bridgehead atoms. The molecule has 0 spiro atoms. The zero-order chi connectivity index (χ0) is 81.5. The molecule has 0 aliphatic heterocycles. The Labute approximate surface area is 652 Å². The second-order valence-corrected chi connectivity index (χ2v) is 25.3. The maximum absolute atomic E-state index is 12.5. The Morgan fingerprint density at radius 3 is 1.21 bits per heavy atom. The molecule has 0 atom stereocenters. The average Bonchev–Trinajstić information content (AvgIpc) is 1.66. The number of methoxy groups -OCH3 is 5. The number of anilines is 6. The first-order chi connectivity index (χ1) is 54.4. The number of nitro groups is 2. The Morgan fingerprint density at radius 2 is 0.788 bits per heavy atom. The first-order valence-electron chi connectivity index (χ1n) is 35.1. The molecule has 0 amide bonds. The summed E-state index contributed by atoms with van der Waals surface area (Å²) in [6, 6.07) is 76.7. The number of nitrogens with one attached hydrogen (secondary N) is 2. The van der Waals surface area contributed by atoms with Crippen molar-refractivity contribution >= 4 is 67.6 Å². The minimum atomic E-state index is -0.951. The Kier molecular flexibility index (Phi) is 31.0. The number of aliphatic hydroxyl groups is 1. The zero-order valence-electron chi connectivity index (χ0n) is 63.6. The summed E-state index contributed by atoms with van der Waals surface area (Å²) in [6.45, 7) is 9.40. The van der Waals surface area contributed by atoms with E-state index in [9.17, 15) is 39.9 Å². The maximum atomic E-state index is 12.5. The molecule has 25 nitrogen and oxygen atoms in total. The van der Waals surface area contributed by atoms with Crippen LogP contribution in [0.4, 0.5) is 49.9 Å². The molecular formula is C87H89FN10O15. The van der Waals surface area contributed by atoms with Crippen LogP contribution >= 0.6 is 0 Å². The largest absolute Gasteiger partial charge is 0.508 e. The Bertz CT molecular complexity index is 5330. The summed E-state index contributed by atoms with van der Waals surface area (Å²) in [5.74, 6) is 4.89. The van der Waals surface area contributed by atoms with Crippen molar-refractivity contribution < 1.29 is 68.2 Å². The number of benzene rings is 12. The van der Waals surface area contributed by atoms with Gasteiger partial charge < -0.3 is 76.1 Å². The number of halogens is 1. The van der Waals surface area contributed by atoms with Crippen LogP contribution < -0.4 is 50.5 Å². The molecule has 12 aromatic carbocycles. The third kappa shape index (κ3) is 25.3. The van der Waals surface area contributed by atoms with Gasteiger partial charge in [-0.2, -0.15) is 4.39 Å². The SMILES string of the molecule is CC(C)c1ccc(CO)cc1.COc1ccc(-n2cnc3cc(O)ccc32)cc1.COc1ccc(-n2cnc3cc(OCc4ccc(C(C)C)cc4)ccc32)cc1.COc1ccc(N)cc1.COc1ccc(Nc2ccc(O)cc2N)cc1.COc1ccc(Nc2ccc(O)cc2[N+](=O)[O-])cc1.O=[N+]([O-])c1cc(O)ccc1F. The van der Waals surface area contributed by atoms with Gasteiger partial charge in [0, 0.05) is 46.6 Å². The predicted molar refractivity (Wildman–Crippen MR) is 440 cm³/mol. The van der Waals surface area contributed by atoms with Crippen molar-refractivity contribution in [1.29, 1.82) is 0 Å². The lowest BCUT2D eigenvalue weighted by molar-refractivity contribution is -0.387. The number of phenolic OH excluding ortho intramolecular Hbond substituents is 4. The lowest BCUT2D eigenvalue weighted by atomic mass is 10.0. The van der Waals surface area contributed by atoms with Crippen LogP contribution in [0, 0.1) is 26.0 Å². The Morgan fingerprint density at radius 1 is 0.425 bits per heavy atom. The number of nitrogens with two attached hydrogens (primary N) is 2. The molecule has 2 heterocycles. The molecule has 14 aromatic rings. The van der Waals surface area contributed by atoms with Gasteiger partial charge in [0.05, 0.1) is 97.6 Å². The van der Waals surface area contributed by atoms with Gasteiger partial charge in [-0.25, -0.2) is 9.97 Å². The van der Waals surface area contributed by atoms with E-state index in [1.54, 1.807) is 103 Å². The summed E-state index contributed by atoms with van der Waals surface area (Å²) in [5.41, 5.74) is 24.8. The first-order valence-corrected chi connectivity index (χ1v) is 35.1. The number of aromatic nitrogens is 4. The van der Waals surface area contributed by atoms with Crippen molar-refractivity contribution in [3.05, 3.63) is 322 Å². The normalized spacial score (nSPS) is 10.3. The van der Waals surface area contributed by atoms with Crippen LogP contribution in [0.25, 0.3) is 33.4 Å². The highest BCUT2D eigenvalue weighted by molar-refractivity contribution is 5.80. The maximum Gasteiger partial charge on any atom is 0.308 e. The minimum absolute atomic E-state index is 0.137. The van der Waals surface area contributed by atoms with Gasteiger partial charge in [-0.1, -0.05) is 76.2 Å². The summed E-state index contributed by atoms with van der Waals surface area (Å²) in [7, 11) is 8.13. The van der Waals surface area contributed by atoms with Crippen LogP contribution in [0.5, 0.6) is 57.5 Å². The van der Waals surface area contributed by atoms with Crippen molar-refractivity contribution in [2.24, 2.45) is 0 Å². The van der Waals surface area contributed by atoms with Crippen LogP contribution in [0.1, 0.15) is 61.8 Å². The number of hydrogen-bond donors (Lipinski definition) is 9. The van der Waals surface area contributed by atoms with Crippen LogP contribution in [0.2, 0.25) is 0 Å². The lowest BCUT2D eigenvalue weighted by Gasteiger charge is -2.10. The molecular weight excluding hydrogens is 1440 g/mol. The van der Waals surface area contributed by atoms with Gasteiger partial charge in [-0.15, -0.1) is 0 Å². The third-order valence-electron chi connectivity index (χ3n) is 16.8. The standard InChI is InChI=1S/C24H24N2O2.C14H12N2O2.C13H12N2O4.C13H14N2O2.C10H14O.C7H9NO.C6H4FNO3/c1-17(2)19-6-4-18(5-7-19)15-28-22-12-13-24-23(14-22)25-16-26(24)20-8-10-21(27-3)11-9-20;1-18-12-5-2-10(3-6-12)16-9-15-13-8-11(17)4-7-14(13)16;1-19-11-5-2-9(3-6-11)14-12-7-4-10(16)8-13(12)15(17)18;1-17-11-5-2-9(3-6-11)15-13-7-4-10(16)8-12(13)14;1-8(2)10-5-3-9(7-11)4-6-10;1-9-7-4-2-6(8)3-5-7;7-5-2-1-4(9)3-6(5)8(10)11/h4-14,16-17H,15H2,1-3H3;2-9,17H,1H3;2-8,14,16H,1H3;2-8,15-16H,14H2,1H3;3-6,8,11H,7H2,1-2H3;2-5H,8H2,1H3;1-3,9H. The summed E-state index contributed by atoms with van der Waals surface area (Å²) in [6.07, 6.45) is 3.58. The number of rotatable bonds is 19. The molecule has 0 aliphatic carbocycles. The molecule has 11 N–H and O–H groups in total. The lowest BCUT2D eigenvalue weighted by Crippen LogP contribution is -1.97. The van der Waals surface area contributed by atoms with Gasteiger partial charge in [0.25, 0.3) is 5.69 Å². The van der Waals surface area contributed by atoms with E-state index in [1.807, 2.05) is 132 Å². The Hall–Kier alpha value is -14.5. The monoisotopic (exact) mass is 1530 g/mol. The molecule has 0 radical (unpaired) electrons. The fourth-order valence-electron chi connectivity index (χ4n) is 10.5. The van der Waals surface area contributed by atoms with E-state index in [0.29, 0.717) is 41.3 Å². The van der Waals surface area contributed by atoms with Crippen LogP contribution in [0.15, 0.2) is 274 Å². The van der Waals surface area contributed by atoms with E-state index in [0.717, 1.165) is 115 Å². The van der Waals surface area contributed by atoms with Gasteiger partial charge in [-0.3, -0.25) is 29.4 Å². The van der Waals surface area contributed by atoms with E-state index in [1.165, 1.54) is 29.3 Å². The molecule has 0 saturated heterocycles. The second kappa shape index (κ2) is 41.7. The molecule has 0 unspecified atom stereocenters. The molecule has 0 aliphatic rings. The number of fused-ring (bicyclic) bond motifs is 2. The number of nitrogens with zero attached hydrogens (tertiary/aromatic N) is 6. The summed E-state index contributed by atoms with van der Waals surface area (Å²) < 4.78 is 47.8. The van der Waals surface area contributed by atoms with Crippen LogP contribution in [0.3, 0.4) is 0 Å². The zero-order valence-corrected chi connectivity index (χ0v) is 63.6. The number of phenols is 4. The molecule has 26 heteroatoms. The van der Waals surface area contributed by atoms with Crippen LogP contribution in [-0.2, 0) is 13.2 Å². The average molecular weight is 1530 g/mol. The number of aliphatic hydroxyl groups excluding tert-OH is 1. The van der Waals surface area contributed by atoms with Crippen molar-refractivity contribution in [3.8, 4) is 68.9 Å². The van der Waals surface area contributed by atoms with Gasteiger partial charge >= 0.3 is 5.69 Å². The van der Waals surface area contributed by atoms with E-state index < -0.39 is 21.4 Å². The number of aromatic hydroxyl groups is 4. The fourth-order valence-corrected chi connectivity index (χ4v) is 10.5. The smallest absolute Gasteiger partial charge is 0.308 e. The highest BCUT2D eigenvalue weighted by Gasteiger charge is 2.17. The van der Waals surface area contributed by atoms with Crippen LogP contribution in [-0.4, -0.2) is 90.0 Å². The van der Waals surface area contributed by atoms with Crippen molar-refractivity contribution in [3.63, 3.8) is 0 Å². The van der Waals surface area contributed by atoms with Crippen molar-refractivity contribution in [2.45, 2.75) is 52.7 Å². The van der Waals surface area contributed by atoms with E-state index in [2.05, 4.69) is 89.3 Å². The molecule has 0 saturated carbocycles. The Balaban J connectivity index is 0.000000170. The summed E-state index contributed by atoms with van der Waals surface area (Å²) in [4.78, 5) is 28.3. The van der Waals surface area contributed by atoms with E-state index >= 15 is 0 Å². The molecule has 584 valence electrons. The summed E-state index contributed by atoms with van der Waals surface area (Å²) >= 11 is 0. The number of nitro benzene ring substituents is 2. The van der Waals surface area contributed by atoms with Gasteiger partial charge in [-0.05, 0) is 216 Å². The predicted octanol–water partition coefficient (Wildman–Crippen LogP) is 19.3. The second-order valence-electron chi connectivity index (χ2n) is 25.3. The molecule has 113 heavy (non-hydrogen) atoms. The molecule has 14 rings (SSSR count). The number of hydrogen-bond acceptors (Lipinski definition) is 21. The van der Waals surface area contributed by atoms with E-state index in [4.69, 9.17) is 50.1 Å². The van der Waals surface area contributed by atoms with Gasteiger partial charge in [0.15, 0.2) is 0 Å².